The van der Waals surface area contributed by atoms with Crippen molar-refractivity contribution in [2.24, 2.45) is 5.10 Å². The average molecular weight is 344 g/mol. The highest BCUT2D eigenvalue weighted by molar-refractivity contribution is 6.32. The van der Waals surface area contributed by atoms with Crippen LogP contribution in [0.1, 0.15) is 18.1 Å². The predicted octanol–water partition coefficient (Wildman–Crippen LogP) is 4.60. The molecule has 2 aromatic rings. The van der Waals surface area contributed by atoms with Crippen LogP contribution in [0, 0.1) is 0 Å². The molecule has 0 aliphatic heterocycles. The van der Waals surface area contributed by atoms with Gasteiger partial charge in [0.25, 0.3) is 0 Å². The fraction of sp³-hybridized carbons (Fsp3) is 0.200. The summed E-state index contributed by atoms with van der Waals surface area (Å²) in [4.78, 5) is 3.63. The number of benzene rings is 1. The van der Waals surface area contributed by atoms with Crippen molar-refractivity contribution >= 4 is 23.6 Å². The second kappa shape index (κ2) is 7.32. The molecule has 0 bridgehead atoms. The summed E-state index contributed by atoms with van der Waals surface area (Å²) < 4.78 is 43.0. The average Bonchev–Trinajstić information content (AvgIpc) is 2.50. The zero-order chi connectivity index (χ0) is 16.9. The number of aromatic nitrogens is 1. The first kappa shape index (κ1) is 17.1. The molecule has 8 heteroatoms. The van der Waals surface area contributed by atoms with Crippen LogP contribution in [0.25, 0.3) is 0 Å². The number of pyridine rings is 1. The number of hydrogen-bond acceptors (Lipinski definition) is 4. The van der Waals surface area contributed by atoms with E-state index in [4.69, 9.17) is 16.3 Å². The lowest BCUT2D eigenvalue weighted by Gasteiger charge is -2.09. The molecule has 4 nitrogen and oxygen atoms in total. The second-order valence-electron chi connectivity index (χ2n) is 4.39. The number of nitrogens with zero attached hydrogens (tertiary/aromatic N) is 2. The maximum absolute atomic E-state index is 12.5. The molecule has 0 aliphatic rings. The smallest absolute Gasteiger partial charge is 0.417 e. The molecule has 1 aromatic carbocycles. The maximum atomic E-state index is 12.5. The van der Waals surface area contributed by atoms with E-state index in [-0.39, 0.29) is 10.8 Å². The summed E-state index contributed by atoms with van der Waals surface area (Å²) in [6.07, 6.45) is -2.33. The summed E-state index contributed by atoms with van der Waals surface area (Å²) in [5.41, 5.74) is 2.31. The van der Waals surface area contributed by atoms with Gasteiger partial charge in [-0.3, -0.25) is 5.43 Å². The monoisotopic (exact) mass is 343 g/mol. The third kappa shape index (κ3) is 4.59. The Morgan fingerprint density at radius 3 is 2.74 bits per heavy atom. The molecule has 2 rings (SSSR count). The molecule has 0 saturated carbocycles. The summed E-state index contributed by atoms with van der Waals surface area (Å²) in [5, 5.41) is 3.75. The van der Waals surface area contributed by atoms with E-state index in [1.54, 1.807) is 12.1 Å². The van der Waals surface area contributed by atoms with Gasteiger partial charge in [-0.15, -0.1) is 0 Å². The van der Waals surface area contributed by atoms with E-state index in [0.717, 1.165) is 6.07 Å². The number of para-hydroxylation sites is 1. The normalized spacial score (nSPS) is 11.7. The van der Waals surface area contributed by atoms with Gasteiger partial charge in [0.1, 0.15) is 5.75 Å². The Morgan fingerprint density at radius 2 is 2.09 bits per heavy atom. The summed E-state index contributed by atoms with van der Waals surface area (Å²) in [7, 11) is 0. The fourth-order valence-corrected chi connectivity index (χ4v) is 1.92. The second-order valence-corrected chi connectivity index (χ2v) is 4.80. The Balaban J connectivity index is 2.12. The zero-order valence-electron chi connectivity index (χ0n) is 12.1. The molecule has 0 saturated heterocycles. The topological polar surface area (TPSA) is 46.5 Å². The number of hydrazone groups is 1. The van der Waals surface area contributed by atoms with Crippen molar-refractivity contribution in [3.63, 3.8) is 0 Å². The number of nitrogens with one attached hydrogen (secondary N) is 1. The SMILES string of the molecule is CCOc1ccccc1/C=N\Nc1ncc(C(F)(F)F)cc1Cl. The molecule has 0 fully saturated rings. The van der Waals surface area contributed by atoms with Gasteiger partial charge < -0.3 is 4.74 Å². The molecular formula is C15H13ClF3N3O. The van der Waals surface area contributed by atoms with Gasteiger partial charge in [-0.25, -0.2) is 4.98 Å². The van der Waals surface area contributed by atoms with Crippen LogP contribution in [0.2, 0.25) is 5.02 Å². The molecule has 0 unspecified atom stereocenters. The summed E-state index contributed by atoms with van der Waals surface area (Å²) in [6, 6.07) is 8.00. The molecule has 1 aromatic heterocycles. The third-order valence-corrected chi connectivity index (χ3v) is 3.05. The van der Waals surface area contributed by atoms with Gasteiger partial charge in [0.05, 0.1) is 23.4 Å². The van der Waals surface area contributed by atoms with Crippen LogP contribution < -0.4 is 10.2 Å². The van der Waals surface area contributed by atoms with Crippen molar-refractivity contribution in [2.45, 2.75) is 13.1 Å². The fourth-order valence-electron chi connectivity index (χ4n) is 1.71. The van der Waals surface area contributed by atoms with Gasteiger partial charge >= 0.3 is 6.18 Å². The Hall–Kier alpha value is -2.28. The number of halogens is 4. The minimum absolute atomic E-state index is 0.0322. The van der Waals surface area contributed by atoms with E-state index in [1.807, 2.05) is 19.1 Å². The van der Waals surface area contributed by atoms with Crippen LogP contribution in [0.15, 0.2) is 41.6 Å². The summed E-state index contributed by atoms with van der Waals surface area (Å²) in [5.74, 6) is 0.678. The van der Waals surface area contributed by atoms with Crippen LogP contribution in [0.3, 0.4) is 0 Å². The lowest BCUT2D eigenvalue weighted by Crippen LogP contribution is -2.06. The highest BCUT2D eigenvalue weighted by atomic mass is 35.5. The quantitative estimate of drug-likeness (QED) is 0.637. The first-order valence-corrected chi connectivity index (χ1v) is 7.03. The first-order chi connectivity index (χ1) is 10.9. The summed E-state index contributed by atoms with van der Waals surface area (Å²) >= 11 is 5.77. The molecule has 122 valence electrons. The number of rotatable bonds is 5. The third-order valence-electron chi connectivity index (χ3n) is 2.76. The lowest BCUT2D eigenvalue weighted by atomic mass is 10.2. The largest absolute Gasteiger partial charge is 0.493 e. The van der Waals surface area contributed by atoms with E-state index in [0.29, 0.717) is 24.1 Å². The van der Waals surface area contributed by atoms with Gasteiger partial charge in [-0.1, -0.05) is 23.7 Å². The Morgan fingerprint density at radius 1 is 1.35 bits per heavy atom. The highest BCUT2D eigenvalue weighted by Gasteiger charge is 2.31. The lowest BCUT2D eigenvalue weighted by molar-refractivity contribution is -0.137. The van der Waals surface area contributed by atoms with E-state index in [2.05, 4.69) is 15.5 Å². The van der Waals surface area contributed by atoms with Crippen molar-refractivity contribution in [2.75, 3.05) is 12.0 Å². The van der Waals surface area contributed by atoms with Crippen molar-refractivity contribution < 1.29 is 17.9 Å². The number of alkyl halides is 3. The molecule has 0 amide bonds. The Bertz CT molecular complexity index is 705. The van der Waals surface area contributed by atoms with E-state index in [9.17, 15) is 13.2 Å². The molecule has 1 N–H and O–H groups in total. The number of anilines is 1. The molecule has 1 heterocycles. The minimum Gasteiger partial charge on any atom is -0.493 e. The van der Waals surface area contributed by atoms with Crippen molar-refractivity contribution in [3.8, 4) is 5.75 Å². The maximum Gasteiger partial charge on any atom is 0.417 e. The number of ether oxygens (including phenoxy) is 1. The van der Waals surface area contributed by atoms with Crippen LogP contribution >= 0.6 is 11.6 Å². The van der Waals surface area contributed by atoms with Crippen LogP contribution in [0.4, 0.5) is 19.0 Å². The molecule has 0 spiro atoms. The van der Waals surface area contributed by atoms with Gasteiger partial charge in [0.2, 0.25) is 0 Å². The molecular weight excluding hydrogens is 331 g/mol. The van der Waals surface area contributed by atoms with Crippen LogP contribution in [-0.2, 0) is 6.18 Å². The van der Waals surface area contributed by atoms with E-state index in [1.165, 1.54) is 6.21 Å². The molecule has 23 heavy (non-hydrogen) atoms. The predicted molar refractivity (Wildman–Crippen MR) is 83.1 cm³/mol. The van der Waals surface area contributed by atoms with Gasteiger partial charge in [0, 0.05) is 11.8 Å². The van der Waals surface area contributed by atoms with Crippen LogP contribution in [0.5, 0.6) is 5.75 Å². The number of hydrogen-bond donors (Lipinski definition) is 1. The Kier molecular flexibility index (Phi) is 5.44. The van der Waals surface area contributed by atoms with Crippen molar-refractivity contribution in [1.82, 2.24) is 4.98 Å². The minimum atomic E-state index is -4.49. The van der Waals surface area contributed by atoms with E-state index < -0.39 is 11.7 Å². The zero-order valence-corrected chi connectivity index (χ0v) is 12.8. The molecule has 0 atom stereocenters. The van der Waals surface area contributed by atoms with Crippen molar-refractivity contribution in [1.29, 1.82) is 0 Å². The molecule has 0 aliphatic carbocycles. The first-order valence-electron chi connectivity index (χ1n) is 6.65. The standard InChI is InChI=1S/C15H13ClF3N3O/c1-2-23-13-6-4-3-5-10(13)8-21-22-14-12(16)7-11(9-20-14)15(17,18)19/h3-9H,2H2,1H3,(H,20,22)/b21-8-. The van der Waals surface area contributed by atoms with E-state index >= 15 is 0 Å². The van der Waals surface area contributed by atoms with Gasteiger partial charge in [0.15, 0.2) is 5.82 Å². The van der Waals surface area contributed by atoms with Gasteiger partial charge in [-0.05, 0) is 25.1 Å². The van der Waals surface area contributed by atoms with Gasteiger partial charge in [-0.2, -0.15) is 18.3 Å². The highest BCUT2D eigenvalue weighted by Crippen LogP contribution is 2.32. The van der Waals surface area contributed by atoms with Crippen LogP contribution in [-0.4, -0.2) is 17.8 Å². The van der Waals surface area contributed by atoms with Crippen molar-refractivity contribution in [3.05, 3.63) is 52.7 Å². The summed E-state index contributed by atoms with van der Waals surface area (Å²) in [6.45, 7) is 2.36. The molecule has 0 radical (unpaired) electrons. The Labute approximate surface area is 135 Å².